The van der Waals surface area contributed by atoms with Gasteiger partial charge in [-0.05, 0) is 20.8 Å². The van der Waals surface area contributed by atoms with Crippen molar-refractivity contribution in [2.45, 2.75) is 26.4 Å². The maximum atomic E-state index is 8.56. The van der Waals surface area contributed by atoms with Crippen molar-refractivity contribution >= 4 is 6.16 Å². The highest BCUT2D eigenvalue weighted by atomic mass is 17.2. The van der Waals surface area contributed by atoms with E-state index in [0.717, 1.165) is 0 Å². The van der Waals surface area contributed by atoms with Crippen LogP contribution in [0, 0.1) is 0 Å². The first kappa shape index (κ1) is 14.5. The van der Waals surface area contributed by atoms with E-state index in [1.807, 2.05) is 20.8 Å². The van der Waals surface area contributed by atoms with Crippen LogP contribution in [-0.4, -0.2) is 28.6 Å². The first-order valence-electron chi connectivity index (χ1n) is 3.63. The van der Waals surface area contributed by atoms with Gasteiger partial charge in [-0.2, -0.15) is 0 Å². The molecule has 0 amide bonds. The van der Waals surface area contributed by atoms with E-state index in [1.165, 1.54) is 0 Å². The maximum absolute atomic E-state index is 8.56. The molecule has 0 fully saturated rings. The van der Waals surface area contributed by atoms with E-state index < -0.39 is 6.16 Å². The quantitative estimate of drug-likeness (QED) is 0.310. The van der Waals surface area contributed by atoms with Crippen LogP contribution in [0.4, 0.5) is 4.79 Å². The summed E-state index contributed by atoms with van der Waals surface area (Å²) in [4.78, 5) is 18.2. The van der Waals surface area contributed by atoms with Crippen LogP contribution in [0.3, 0.4) is 0 Å². The van der Waals surface area contributed by atoms with Crippen molar-refractivity contribution in [3.63, 3.8) is 0 Å². The molecule has 0 saturated carbocycles. The maximum Gasteiger partial charge on any atom is 0.503 e. The summed E-state index contributed by atoms with van der Waals surface area (Å²) in [7, 11) is 0. The summed E-state index contributed by atoms with van der Waals surface area (Å²) in [5, 5.41) is 13.9. The molecule has 13 heavy (non-hydrogen) atoms. The van der Waals surface area contributed by atoms with Gasteiger partial charge in [-0.15, -0.1) is 6.58 Å². The summed E-state index contributed by atoms with van der Waals surface area (Å²) in [5.41, 5.74) is -0.219. The minimum absolute atomic E-state index is 0.219. The van der Waals surface area contributed by atoms with Gasteiger partial charge in [0.2, 0.25) is 0 Å². The predicted octanol–water partition coefficient (Wildman–Crippen LogP) is 2.14. The van der Waals surface area contributed by atoms with Gasteiger partial charge in [0, 0.05) is 0 Å². The molecule has 0 aromatic heterocycles. The number of hydrogen-bond acceptors (Lipinski definition) is 3. The number of rotatable bonds is 3. The second-order valence-electron chi connectivity index (χ2n) is 3.05. The highest BCUT2D eigenvalue weighted by molar-refractivity contribution is 5.53. The Balaban J connectivity index is 0. The predicted molar refractivity (Wildman–Crippen MR) is 47.6 cm³/mol. The Morgan fingerprint density at radius 1 is 1.46 bits per heavy atom. The zero-order valence-electron chi connectivity index (χ0n) is 8.11. The number of carboxylic acid groups (broad SMARTS) is 2. The molecule has 78 valence electrons. The van der Waals surface area contributed by atoms with Crippen molar-refractivity contribution in [1.82, 2.24) is 0 Å². The molecule has 0 aliphatic heterocycles. The summed E-state index contributed by atoms with van der Waals surface area (Å²) in [6.07, 6.45) is -0.189. The minimum atomic E-state index is -1.83. The Bertz CT molecular complexity index is 143. The number of hydrogen-bond donors (Lipinski definition) is 2. The molecule has 0 rings (SSSR count). The van der Waals surface area contributed by atoms with Crippen LogP contribution in [0.5, 0.6) is 0 Å². The van der Waals surface area contributed by atoms with E-state index in [0.29, 0.717) is 6.61 Å². The lowest BCUT2D eigenvalue weighted by atomic mass is 10.2. The molecule has 0 radical (unpaired) electrons. The lowest BCUT2D eigenvalue weighted by Gasteiger charge is -2.16. The molecule has 5 nitrogen and oxygen atoms in total. The van der Waals surface area contributed by atoms with Crippen LogP contribution < -0.4 is 0 Å². The molecule has 0 aromatic carbocycles. The Morgan fingerprint density at radius 2 is 1.85 bits per heavy atom. The zero-order chi connectivity index (χ0) is 10.9. The van der Waals surface area contributed by atoms with Gasteiger partial charge in [0.1, 0.15) is 6.61 Å². The largest absolute Gasteiger partial charge is 0.503 e. The van der Waals surface area contributed by atoms with Crippen molar-refractivity contribution in [2.24, 2.45) is 0 Å². The summed E-state index contributed by atoms with van der Waals surface area (Å²) in [6, 6.07) is 0. The second kappa shape index (κ2) is 7.57. The zero-order valence-corrected chi connectivity index (χ0v) is 8.11. The van der Waals surface area contributed by atoms with E-state index in [4.69, 9.17) is 24.8 Å². The molecule has 0 aromatic rings. The SMILES string of the molecule is C=CCOOC(C)(C)C.O=C(O)O. The first-order chi connectivity index (χ1) is 5.79. The Kier molecular flexibility index (Phi) is 8.42. The molecular formula is C8H16O5. The third-order valence-electron chi connectivity index (χ3n) is 0.495. The number of carbonyl (C=O) groups is 1. The van der Waals surface area contributed by atoms with Crippen LogP contribution in [0.15, 0.2) is 12.7 Å². The van der Waals surface area contributed by atoms with Gasteiger partial charge in [0.05, 0.1) is 5.60 Å². The van der Waals surface area contributed by atoms with Gasteiger partial charge in [0.15, 0.2) is 0 Å². The lowest BCUT2D eigenvalue weighted by Crippen LogP contribution is -2.19. The summed E-state index contributed by atoms with van der Waals surface area (Å²) in [6.45, 7) is 9.70. The normalized spacial score (nSPS) is 9.77. The van der Waals surface area contributed by atoms with Crippen molar-refractivity contribution in [3.05, 3.63) is 12.7 Å². The molecule has 2 N–H and O–H groups in total. The van der Waals surface area contributed by atoms with Crippen LogP contribution in [-0.2, 0) is 9.78 Å². The van der Waals surface area contributed by atoms with Crippen molar-refractivity contribution in [2.75, 3.05) is 6.61 Å². The Hall–Kier alpha value is -1.07. The molecule has 0 atom stereocenters. The first-order valence-corrected chi connectivity index (χ1v) is 3.63. The fraction of sp³-hybridized carbons (Fsp3) is 0.625. The Labute approximate surface area is 77.5 Å². The lowest BCUT2D eigenvalue weighted by molar-refractivity contribution is -0.341. The van der Waals surface area contributed by atoms with Gasteiger partial charge in [-0.25, -0.2) is 14.6 Å². The van der Waals surface area contributed by atoms with E-state index in [1.54, 1.807) is 6.08 Å². The fourth-order valence-electron chi connectivity index (χ4n) is 0.259. The van der Waals surface area contributed by atoms with Crippen molar-refractivity contribution in [3.8, 4) is 0 Å². The van der Waals surface area contributed by atoms with Gasteiger partial charge in [0.25, 0.3) is 0 Å². The second-order valence-corrected chi connectivity index (χ2v) is 3.05. The molecule has 0 aliphatic rings. The minimum Gasteiger partial charge on any atom is -0.450 e. The van der Waals surface area contributed by atoms with Crippen LogP contribution >= 0.6 is 0 Å². The summed E-state index contributed by atoms with van der Waals surface area (Å²) >= 11 is 0. The van der Waals surface area contributed by atoms with Crippen LogP contribution in [0.25, 0.3) is 0 Å². The van der Waals surface area contributed by atoms with Gasteiger partial charge >= 0.3 is 6.16 Å². The van der Waals surface area contributed by atoms with Crippen molar-refractivity contribution < 1.29 is 24.8 Å². The monoisotopic (exact) mass is 192 g/mol. The van der Waals surface area contributed by atoms with Crippen molar-refractivity contribution in [1.29, 1.82) is 0 Å². The van der Waals surface area contributed by atoms with E-state index in [-0.39, 0.29) is 5.60 Å². The van der Waals surface area contributed by atoms with E-state index in [2.05, 4.69) is 6.58 Å². The van der Waals surface area contributed by atoms with E-state index >= 15 is 0 Å². The molecule has 0 spiro atoms. The summed E-state index contributed by atoms with van der Waals surface area (Å²) in [5.74, 6) is 0. The van der Waals surface area contributed by atoms with Gasteiger partial charge in [-0.3, -0.25) is 0 Å². The Morgan fingerprint density at radius 3 is 2.08 bits per heavy atom. The standard InChI is InChI=1S/C7H14O2.CH2O3/c1-5-6-8-9-7(2,3)4;2-1(3)4/h5H,1,6H2,2-4H3;(H2,2,3,4). The molecule has 0 saturated heterocycles. The van der Waals surface area contributed by atoms with Gasteiger partial charge in [-0.1, -0.05) is 6.08 Å². The van der Waals surface area contributed by atoms with Crippen LogP contribution in [0.2, 0.25) is 0 Å². The fourth-order valence-corrected chi connectivity index (χ4v) is 0.259. The van der Waals surface area contributed by atoms with E-state index in [9.17, 15) is 0 Å². The average molecular weight is 192 g/mol. The third kappa shape index (κ3) is 35.9. The molecule has 0 unspecified atom stereocenters. The molecule has 0 heterocycles. The van der Waals surface area contributed by atoms with Crippen LogP contribution in [0.1, 0.15) is 20.8 Å². The average Bonchev–Trinajstić information content (AvgIpc) is 1.83. The summed E-state index contributed by atoms with van der Waals surface area (Å²) < 4.78 is 0. The highest BCUT2D eigenvalue weighted by Crippen LogP contribution is 2.06. The molecular weight excluding hydrogens is 176 g/mol. The third-order valence-corrected chi connectivity index (χ3v) is 0.495. The highest BCUT2D eigenvalue weighted by Gasteiger charge is 2.09. The molecule has 0 bridgehead atoms. The molecule has 5 heteroatoms. The smallest absolute Gasteiger partial charge is 0.450 e. The molecule has 0 aliphatic carbocycles. The topological polar surface area (TPSA) is 76.0 Å². The van der Waals surface area contributed by atoms with Gasteiger partial charge < -0.3 is 10.2 Å².